The number of aliphatic hydroxyl groups is 1. The summed E-state index contributed by atoms with van der Waals surface area (Å²) in [5.41, 5.74) is -3.11. The van der Waals surface area contributed by atoms with Crippen LogP contribution < -0.4 is 5.32 Å². The fraction of sp³-hybridized carbons (Fsp3) is 0.167. The van der Waals surface area contributed by atoms with Crippen LogP contribution in [0.15, 0.2) is 65.1 Å². The van der Waals surface area contributed by atoms with Crippen LogP contribution in [0.4, 0.5) is 13.2 Å². The van der Waals surface area contributed by atoms with Crippen LogP contribution in [0.25, 0.3) is 11.0 Å². The average molecular weight is 349 g/mol. The SMILES string of the molecule is O=C(NCC(O)(c1ccccc1)C(F)(F)F)c1cc2ccccc2o1. The molecule has 1 aromatic heterocycles. The van der Waals surface area contributed by atoms with E-state index in [0.29, 0.717) is 11.0 Å². The standard InChI is InChI=1S/C18H14F3NO3/c19-18(20,21)17(24,13-7-2-1-3-8-13)11-22-16(23)15-10-12-6-4-5-9-14(12)25-15/h1-10,24H,11H2,(H,22,23). The predicted octanol–water partition coefficient (Wildman–Crippen LogP) is 3.61. The molecule has 0 fully saturated rings. The first-order chi connectivity index (χ1) is 11.8. The molecule has 1 atom stereocenters. The average Bonchev–Trinajstić information content (AvgIpc) is 3.03. The summed E-state index contributed by atoms with van der Waals surface area (Å²) in [5.74, 6) is -0.964. The molecule has 0 saturated heterocycles. The van der Waals surface area contributed by atoms with E-state index in [1.54, 1.807) is 24.3 Å². The number of carbonyl (C=O) groups excluding carboxylic acids is 1. The molecule has 4 nitrogen and oxygen atoms in total. The van der Waals surface area contributed by atoms with Crippen molar-refractivity contribution in [3.63, 3.8) is 0 Å². The number of fused-ring (bicyclic) bond motifs is 1. The van der Waals surface area contributed by atoms with Crippen LogP contribution in [-0.2, 0) is 5.60 Å². The van der Waals surface area contributed by atoms with Crippen molar-refractivity contribution < 1.29 is 27.5 Å². The van der Waals surface area contributed by atoms with E-state index < -0.39 is 24.2 Å². The van der Waals surface area contributed by atoms with E-state index in [2.05, 4.69) is 5.32 Å². The van der Waals surface area contributed by atoms with E-state index in [-0.39, 0.29) is 11.3 Å². The molecule has 3 rings (SSSR count). The summed E-state index contributed by atoms with van der Waals surface area (Å²) in [6, 6.07) is 14.9. The summed E-state index contributed by atoms with van der Waals surface area (Å²) in [4.78, 5) is 12.1. The van der Waals surface area contributed by atoms with Crippen molar-refractivity contribution in [2.45, 2.75) is 11.8 Å². The third-order valence-corrected chi connectivity index (χ3v) is 3.87. The number of hydrogen-bond donors (Lipinski definition) is 2. The quantitative estimate of drug-likeness (QED) is 0.756. The lowest BCUT2D eigenvalue weighted by molar-refractivity contribution is -0.263. The van der Waals surface area contributed by atoms with Crippen molar-refractivity contribution in [1.82, 2.24) is 5.32 Å². The smallest absolute Gasteiger partial charge is 0.423 e. The van der Waals surface area contributed by atoms with Gasteiger partial charge in [0.25, 0.3) is 5.91 Å². The van der Waals surface area contributed by atoms with Gasteiger partial charge in [0, 0.05) is 5.39 Å². The molecule has 0 spiro atoms. The highest BCUT2D eigenvalue weighted by Gasteiger charge is 2.55. The molecule has 0 saturated carbocycles. The minimum atomic E-state index is -4.96. The van der Waals surface area contributed by atoms with Crippen molar-refractivity contribution in [3.05, 3.63) is 72.0 Å². The van der Waals surface area contributed by atoms with E-state index in [4.69, 9.17) is 4.42 Å². The maximum absolute atomic E-state index is 13.4. The van der Waals surface area contributed by atoms with Crippen molar-refractivity contribution >= 4 is 16.9 Å². The summed E-state index contributed by atoms with van der Waals surface area (Å²) in [5, 5.41) is 12.9. The molecule has 0 aliphatic rings. The lowest BCUT2D eigenvalue weighted by atomic mass is 9.93. The number of hydrogen-bond acceptors (Lipinski definition) is 3. The number of halogens is 3. The minimum Gasteiger partial charge on any atom is -0.451 e. The van der Waals surface area contributed by atoms with Gasteiger partial charge in [-0.1, -0.05) is 48.5 Å². The highest BCUT2D eigenvalue weighted by Crippen LogP contribution is 2.38. The van der Waals surface area contributed by atoms with Crippen molar-refractivity contribution in [2.75, 3.05) is 6.54 Å². The topological polar surface area (TPSA) is 62.5 Å². The molecule has 3 aromatic rings. The molecule has 1 amide bonds. The highest BCUT2D eigenvalue weighted by atomic mass is 19.4. The molecule has 1 unspecified atom stereocenters. The number of carbonyl (C=O) groups is 1. The van der Waals surface area contributed by atoms with E-state index >= 15 is 0 Å². The monoisotopic (exact) mass is 349 g/mol. The van der Waals surface area contributed by atoms with Gasteiger partial charge in [0.05, 0.1) is 6.54 Å². The maximum atomic E-state index is 13.4. The molecule has 0 bridgehead atoms. The molecular weight excluding hydrogens is 335 g/mol. The van der Waals surface area contributed by atoms with Gasteiger partial charge in [-0.05, 0) is 17.7 Å². The second kappa shape index (κ2) is 6.25. The summed E-state index contributed by atoms with van der Waals surface area (Å²) in [7, 11) is 0. The Kier molecular flexibility index (Phi) is 4.26. The molecule has 25 heavy (non-hydrogen) atoms. The lowest BCUT2D eigenvalue weighted by Gasteiger charge is -2.31. The Bertz CT molecular complexity index is 856. The molecular formula is C18H14F3NO3. The first-order valence-electron chi connectivity index (χ1n) is 7.43. The van der Waals surface area contributed by atoms with E-state index in [9.17, 15) is 23.1 Å². The lowest BCUT2D eigenvalue weighted by Crippen LogP contribution is -2.51. The van der Waals surface area contributed by atoms with Crippen molar-refractivity contribution in [1.29, 1.82) is 0 Å². The first-order valence-corrected chi connectivity index (χ1v) is 7.43. The van der Waals surface area contributed by atoms with Crippen LogP contribution in [0.5, 0.6) is 0 Å². The normalized spacial score (nSPS) is 14.2. The molecule has 7 heteroatoms. The Hall–Kier alpha value is -2.80. The fourth-order valence-corrected chi connectivity index (χ4v) is 2.47. The summed E-state index contributed by atoms with van der Waals surface area (Å²) >= 11 is 0. The van der Waals surface area contributed by atoms with Gasteiger partial charge >= 0.3 is 6.18 Å². The Morgan fingerprint density at radius 1 is 1.04 bits per heavy atom. The van der Waals surface area contributed by atoms with Gasteiger partial charge in [-0.3, -0.25) is 4.79 Å². The molecule has 0 aliphatic heterocycles. The Morgan fingerprint density at radius 2 is 1.68 bits per heavy atom. The number of para-hydroxylation sites is 1. The van der Waals surface area contributed by atoms with Gasteiger partial charge < -0.3 is 14.8 Å². The third kappa shape index (κ3) is 3.23. The van der Waals surface area contributed by atoms with Gasteiger partial charge in [-0.15, -0.1) is 0 Å². The van der Waals surface area contributed by atoms with Gasteiger partial charge in [0.2, 0.25) is 5.60 Å². The van der Waals surface area contributed by atoms with Crippen LogP contribution in [0.2, 0.25) is 0 Å². The zero-order chi connectivity index (χ0) is 18.1. The zero-order valence-electron chi connectivity index (χ0n) is 12.9. The number of amides is 1. The van der Waals surface area contributed by atoms with E-state index in [1.165, 1.54) is 24.3 Å². The second-order valence-corrected chi connectivity index (χ2v) is 5.56. The summed E-state index contributed by atoms with van der Waals surface area (Å²) < 4.78 is 45.5. The number of nitrogens with one attached hydrogen (secondary N) is 1. The molecule has 0 radical (unpaired) electrons. The van der Waals surface area contributed by atoms with Crippen LogP contribution in [0.1, 0.15) is 16.1 Å². The molecule has 1 heterocycles. The van der Waals surface area contributed by atoms with Crippen molar-refractivity contribution in [3.8, 4) is 0 Å². The molecule has 0 aliphatic carbocycles. The van der Waals surface area contributed by atoms with Gasteiger partial charge in [-0.25, -0.2) is 0 Å². The Morgan fingerprint density at radius 3 is 2.32 bits per heavy atom. The number of furan rings is 1. The van der Waals surface area contributed by atoms with E-state index in [0.717, 1.165) is 12.1 Å². The highest BCUT2D eigenvalue weighted by molar-refractivity contribution is 5.96. The molecule has 2 aromatic carbocycles. The number of benzene rings is 2. The zero-order valence-corrected chi connectivity index (χ0v) is 12.9. The summed E-state index contributed by atoms with van der Waals surface area (Å²) in [6.45, 7) is -1.03. The van der Waals surface area contributed by atoms with Gasteiger partial charge in [0.15, 0.2) is 5.76 Å². The Balaban J connectivity index is 1.82. The third-order valence-electron chi connectivity index (χ3n) is 3.87. The summed E-state index contributed by atoms with van der Waals surface area (Å²) in [6.07, 6.45) is -4.96. The largest absolute Gasteiger partial charge is 0.451 e. The van der Waals surface area contributed by atoms with Crippen LogP contribution in [-0.4, -0.2) is 23.7 Å². The first kappa shape index (κ1) is 17.0. The predicted molar refractivity (Wildman–Crippen MR) is 84.9 cm³/mol. The number of rotatable bonds is 4. The second-order valence-electron chi connectivity index (χ2n) is 5.56. The van der Waals surface area contributed by atoms with Gasteiger partial charge in [0.1, 0.15) is 5.58 Å². The minimum absolute atomic E-state index is 0.126. The molecule has 2 N–H and O–H groups in total. The fourth-order valence-electron chi connectivity index (χ4n) is 2.47. The van der Waals surface area contributed by atoms with Crippen molar-refractivity contribution in [2.24, 2.45) is 0 Å². The molecule has 130 valence electrons. The number of alkyl halides is 3. The van der Waals surface area contributed by atoms with Crippen LogP contribution in [0.3, 0.4) is 0 Å². The van der Waals surface area contributed by atoms with Crippen LogP contribution >= 0.6 is 0 Å². The van der Waals surface area contributed by atoms with E-state index in [1.807, 2.05) is 0 Å². The maximum Gasteiger partial charge on any atom is 0.423 e. The Labute approximate surface area is 140 Å². The van der Waals surface area contributed by atoms with Gasteiger partial charge in [-0.2, -0.15) is 13.2 Å². The van der Waals surface area contributed by atoms with Crippen LogP contribution in [0, 0.1) is 0 Å².